The standard InChI is InChI=1S/C11H11Cl3N4O4S/c1-22-6-2-3-7(8(4-6)18(20)21)16-10(23)17-9(15-5-19)11(12,13)14/h2-5,9H,1H3,(H,15,19)(H2,16,17,23)/t9-/m1/s1. The number of benzene rings is 1. The van der Waals surface area contributed by atoms with E-state index in [2.05, 4.69) is 16.0 Å². The van der Waals surface area contributed by atoms with Crippen molar-refractivity contribution in [1.82, 2.24) is 10.6 Å². The number of nitrogens with zero attached hydrogens (tertiary/aromatic N) is 1. The van der Waals surface area contributed by atoms with Crippen LogP contribution in [0.2, 0.25) is 0 Å². The third kappa shape index (κ3) is 5.87. The molecule has 1 amide bonds. The summed E-state index contributed by atoms with van der Waals surface area (Å²) in [4.78, 5) is 21.0. The molecule has 126 valence electrons. The highest BCUT2D eigenvalue weighted by Crippen LogP contribution is 2.30. The zero-order valence-electron chi connectivity index (χ0n) is 11.5. The van der Waals surface area contributed by atoms with Gasteiger partial charge in [0.2, 0.25) is 10.2 Å². The van der Waals surface area contributed by atoms with Crippen LogP contribution in [0.1, 0.15) is 0 Å². The fourth-order valence-electron chi connectivity index (χ4n) is 1.47. The monoisotopic (exact) mass is 400 g/mol. The number of nitro groups is 1. The number of methoxy groups -OCH3 is 1. The van der Waals surface area contributed by atoms with Gasteiger partial charge in [-0.2, -0.15) is 0 Å². The predicted molar refractivity (Wildman–Crippen MR) is 92.3 cm³/mol. The van der Waals surface area contributed by atoms with E-state index in [0.29, 0.717) is 12.2 Å². The minimum Gasteiger partial charge on any atom is -0.496 e. The Kier molecular flexibility index (Phi) is 7.07. The molecule has 0 aliphatic heterocycles. The van der Waals surface area contributed by atoms with Gasteiger partial charge < -0.3 is 20.7 Å². The van der Waals surface area contributed by atoms with E-state index < -0.39 is 14.9 Å². The largest absolute Gasteiger partial charge is 0.496 e. The van der Waals surface area contributed by atoms with E-state index in [0.717, 1.165) is 0 Å². The molecule has 12 heteroatoms. The molecule has 0 aromatic heterocycles. The second kappa shape index (κ2) is 8.34. The lowest BCUT2D eigenvalue weighted by atomic mass is 10.2. The highest BCUT2D eigenvalue weighted by molar-refractivity contribution is 7.80. The molecule has 3 N–H and O–H groups in total. The summed E-state index contributed by atoms with van der Waals surface area (Å²) in [5.74, 6) is 0.308. The van der Waals surface area contributed by atoms with E-state index in [1.54, 1.807) is 0 Å². The maximum absolute atomic E-state index is 11.1. The van der Waals surface area contributed by atoms with Gasteiger partial charge in [0.25, 0.3) is 5.69 Å². The molecule has 23 heavy (non-hydrogen) atoms. The smallest absolute Gasteiger partial charge is 0.296 e. The summed E-state index contributed by atoms with van der Waals surface area (Å²) in [5.41, 5.74) is -0.162. The number of alkyl halides is 3. The number of hydrogen-bond acceptors (Lipinski definition) is 5. The van der Waals surface area contributed by atoms with Crippen molar-refractivity contribution in [3.05, 3.63) is 28.3 Å². The number of carbonyl (C=O) groups excluding carboxylic acids is 1. The van der Waals surface area contributed by atoms with Gasteiger partial charge in [0.15, 0.2) is 5.11 Å². The zero-order chi connectivity index (χ0) is 17.6. The third-order valence-electron chi connectivity index (χ3n) is 2.49. The molecule has 0 spiro atoms. The first-order valence-corrected chi connectivity index (χ1v) is 7.39. The Labute approximate surface area is 151 Å². The summed E-state index contributed by atoms with van der Waals surface area (Å²) in [6, 6.07) is 4.14. The highest BCUT2D eigenvalue weighted by atomic mass is 35.6. The van der Waals surface area contributed by atoms with Gasteiger partial charge in [0.1, 0.15) is 17.6 Å². The molecule has 1 aromatic carbocycles. The van der Waals surface area contributed by atoms with Crippen molar-refractivity contribution < 1.29 is 14.5 Å². The van der Waals surface area contributed by atoms with Crippen LogP contribution in [0.15, 0.2) is 18.2 Å². The lowest BCUT2D eigenvalue weighted by Gasteiger charge is -2.26. The molecule has 1 rings (SSSR count). The Morgan fingerprint density at radius 1 is 1.48 bits per heavy atom. The molecule has 0 aliphatic rings. The van der Waals surface area contributed by atoms with Gasteiger partial charge in [-0.1, -0.05) is 34.8 Å². The second-order valence-electron chi connectivity index (χ2n) is 4.00. The number of amides is 1. The molecule has 0 saturated heterocycles. The first kappa shape index (κ1) is 19.5. The summed E-state index contributed by atoms with van der Waals surface area (Å²) in [5, 5.41) is 18.3. The Morgan fingerprint density at radius 3 is 2.61 bits per heavy atom. The van der Waals surface area contributed by atoms with Crippen LogP contribution in [-0.2, 0) is 4.79 Å². The number of rotatable bonds is 6. The predicted octanol–water partition coefficient (Wildman–Crippen LogP) is 2.33. The van der Waals surface area contributed by atoms with Crippen LogP contribution >= 0.6 is 47.0 Å². The minimum absolute atomic E-state index is 0.0936. The molecular formula is C11H11Cl3N4O4S. The third-order valence-corrected chi connectivity index (χ3v) is 3.36. The number of thiocarbonyl (C=S) groups is 1. The Bertz CT molecular complexity index is 611. The van der Waals surface area contributed by atoms with Gasteiger partial charge in [-0.05, 0) is 24.4 Å². The Hall–Kier alpha value is -1.55. The van der Waals surface area contributed by atoms with Crippen molar-refractivity contribution in [1.29, 1.82) is 0 Å². The van der Waals surface area contributed by atoms with Crippen molar-refractivity contribution in [2.24, 2.45) is 0 Å². The molecular weight excluding hydrogens is 391 g/mol. The maximum Gasteiger partial charge on any atom is 0.296 e. The van der Waals surface area contributed by atoms with Gasteiger partial charge in [-0.25, -0.2) is 0 Å². The summed E-state index contributed by atoms with van der Waals surface area (Å²) in [6.45, 7) is 0. The Balaban J connectivity index is 2.92. The number of nitrogens with one attached hydrogen (secondary N) is 3. The molecule has 1 atom stereocenters. The molecule has 8 nitrogen and oxygen atoms in total. The molecule has 0 aliphatic carbocycles. The van der Waals surface area contributed by atoms with Gasteiger partial charge in [-0.3, -0.25) is 14.9 Å². The van der Waals surface area contributed by atoms with Crippen molar-refractivity contribution in [3.8, 4) is 5.75 Å². The van der Waals surface area contributed by atoms with Crippen LogP contribution < -0.4 is 20.7 Å². The number of anilines is 1. The molecule has 0 heterocycles. The molecule has 1 aromatic rings. The van der Waals surface area contributed by atoms with Gasteiger partial charge >= 0.3 is 0 Å². The average molecular weight is 402 g/mol. The summed E-state index contributed by atoms with van der Waals surface area (Å²) < 4.78 is 3.03. The van der Waals surface area contributed by atoms with Crippen LogP contribution in [0.4, 0.5) is 11.4 Å². The van der Waals surface area contributed by atoms with E-state index in [4.69, 9.17) is 51.8 Å². The quantitative estimate of drug-likeness (QED) is 0.168. The van der Waals surface area contributed by atoms with Crippen LogP contribution in [0, 0.1) is 10.1 Å². The van der Waals surface area contributed by atoms with E-state index in [1.807, 2.05) is 0 Å². The van der Waals surface area contributed by atoms with E-state index in [-0.39, 0.29) is 16.5 Å². The number of halogens is 3. The van der Waals surface area contributed by atoms with Gasteiger partial charge in [0, 0.05) is 0 Å². The molecule has 0 radical (unpaired) electrons. The highest BCUT2D eigenvalue weighted by Gasteiger charge is 2.33. The molecule has 0 saturated carbocycles. The summed E-state index contributed by atoms with van der Waals surface area (Å²) in [7, 11) is 1.38. The Morgan fingerprint density at radius 2 is 2.13 bits per heavy atom. The molecule has 0 unspecified atom stereocenters. The maximum atomic E-state index is 11.1. The van der Waals surface area contributed by atoms with Crippen LogP contribution in [0.5, 0.6) is 5.75 Å². The van der Waals surface area contributed by atoms with Crippen molar-refractivity contribution in [2.45, 2.75) is 9.96 Å². The van der Waals surface area contributed by atoms with Crippen LogP contribution in [0.25, 0.3) is 0 Å². The second-order valence-corrected chi connectivity index (χ2v) is 6.77. The summed E-state index contributed by atoms with van der Waals surface area (Å²) >= 11 is 22.0. The number of nitro benzene ring substituents is 1. The SMILES string of the molecule is COc1ccc(NC(=S)N[C@@H](NC=O)C(Cl)(Cl)Cl)c([N+](=O)[O-])c1. The van der Waals surface area contributed by atoms with Gasteiger partial charge in [-0.15, -0.1) is 0 Å². The average Bonchev–Trinajstić information content (AvgIpc) is 2.46. The zero-order valence-corrected chi connectivity index (χ0v) is 14.6. The first-order valence-electron chi connectivity index (χ1n) is 5.85. The summed E-state index contributed by atoms with van der Waals surface area (Å²) in [6.07, 6.45) is -0.819. The number of hydrogen-bond donors (Lipinski definition) is 3. The van der Waals surface area contributed by atoms with Crippen molar-refractivity contribution >= 4 is 69.9 Å². The van der Waals surface area contributed by atoms with E-state index in [1.165, 1.54) is 25.3 Å². The first-order chi connectivity index (χ1) is 10.7. The fraction of sp³-hybridized carbons (Fsp3) is 0.273. The minimum atomic E-state index is -1.89. The normalized spacial score (nSPS) is 12.0. The van der Waals surface area contributed by atoms with Crippen LogP contribution in [0.3, 0.4) is 0 Å². The lowest BCUT2D eigenvalue weighted by molar-refractivity contribution is -0.384. The topological polar surface area (TPSA) is 106 Å². The van der Waals surface area contributed by atoms with Crippen molar-refractivity contribution in [2.75, 3.05) is 12.4 Å². The number of carbonyl (C=O) groups is 1. The van der Waals surface area contributed by atoms with E-state index >= 15 is 0 Å². The van der Waals surface area contributed by atoms with Crippen LogP contribution in [-0.4, -0.2) is 33.5 Å². The fourth-order valence-corrected chi connectivity index (χ4v) is 2.05. The van der Waals surface area contributed by atoms with E-state index in [9.17, 15) is 14.9 Å². The molecule has 0 fully saturated rings. The number of ether oxygens (including phenoxy) is 1. The van der Waals surface area contributed by atoms with Crippen molar-refractivity contribution in [3.63, 3.8) is 0 Å². The molecule has 0 bridgehead atoms. The van der Waals surface area contributed by atoms with Gasteiger partial charge in [0.05, 0.1) is 18.1 Å². The lowest BCUT2D eigenvalue weighted by Crippen LogP contribution is -2.54.